The van der Waals surface area contributed by atoms with Gasteiger partial charge in [0.15, 0.2) is 0 Å². The lowest BCUT2D eigenvalue weighted by atomic mass is 10.1. The highest BCUT2D eigenvalue weighted by atomic mass is 16.4. The van der Waals surface area contributed by atoms with Gasteiger partial charge in [0.2, 0.25) is 0 Å². The van der Waals surface area contributed by atoms with E-state index in [1.54, 1.807) is 0 Å². The molecular weight excluding hydrogens is 120 g/mol. The van der Waals surface area contributed by atoms with E-state index in [4.69, 9.17) is 0 Å². The van der Waals surface area contributed by atoms with Crippen LogP contribution in [0.5, 0.6) is 0 Å². The normalized spacial score (nSPS) is 12.7. The summed E-state index contributed by atoms with van der Waals surface area (Å²) in [6.45, 7) is 2.82. The molecule has 52 valence electrons. The quantitative estimate of drug-likeness (QED) is 0.509. The Morgan fingerprint density at radius 2 is 2.00 bits per heavy atom. The van der Waals surface area contributed by atoms with Crippen LogP contribution in [0.2, 0.25) is 0 Å². The largest absolute Gasteiger partial charge is 0.550 e. The molecule has 0 aliphatic heterocycles. The third-order valence-corrected chi connectivity index (χ3v) is 0.996. The number of carboxylic acid groups (broad SMARTS) is 1. The molecule has 1 atom stereocenters. The summed E-state index contributed by atoms with van der Waals surface area (Å²) >= 11 is 0. The molecule has 0 saturated heterocycles. The molecule has 3 heteroatoms. The van der Waals surface area contributed by atoms with Crippen LogP contribution in [0.4, 0.5) is 0 Å². The first-order valence-electron chi connectivity index (χ1n) is 2.74. The number of aliphatic carboxylic acids is 1. The Hall–Kier alpha value is -0.860. The van der Waals surface area contributed by atoms with Gasteiger partial charge >= 0.3 is 0 Å². The monoisotopic (exact) mass is 129 g/mol. The number of carboxylic acids is 1. The Bertz CT molecular complexity index is 128. The third-order valence-electron chi connectivity index (χ3n) is 0.996. The second-order valence-corrected chi connectivity index (χ2v) is 2.13. The van der Waals surface area contributed by atoms with Gasteiger partial charge < -0.3 is 14.7 Å². The van der Waals surface area contributed by atoms with Gasteiger partial charge in [-0.15, -0.1) is 0 Å². The van der Waals surface area contributed by atoms with E-state index < -0.39 is 11.9 Å². The first-order valence-corrected chi connectivity index (χ1v) is 2.74. The molecule has 0 rings (SSSR count). The topological polar surface area (TPSA) is 57.2 Å². The Labute approximate surface area is 53.7 Å². The average Bonchev–Trinajstić information content (AvgIpc) is 1.63. The molecule has 0 saturated carbocycles. The van der Waals surface area contributed by atoms with Gasteiger partial charge in [-0.3, -0.25) is 0 Å². The number of carbonyl (C=O) groups is 2. The van der Waals surface area contributed by atoms with E-state index in [1.807, 2.05) is 0 Å². The lowest BCUT2D eigenvalue weighted by Gasteiger charge is -2.08. The summed E-state index contributed by atoms with van der Waals surface area (Å²) in [5.74, 6) is -1.93. The van der Waals surface area contributed by atoms with Gasteiger partial charge in [0.05, 0.1) is 0 Å². The number of hydrogen-bond donors (Lipinski definition) is 0. The summed E-state index contributed by atoms with van der Waals surface area (Å²) in [5, 5.41) is 9.97. The van der Waals surface area contributed by atoms with Crippen LogP contribution in [-0.2, 0) is 9.59 Å². The Morgan fingerprint density at radius 3 is 2.11 bits per heavy atom. The SMILES string of the molecule is CC(=O)CC(C)C(=O)[O-]. The van der Waals surface area contributed by atoms with Crippen molar-refractivity contribution in [3.63, 3.8) is 0 Å². The molecule has 9 heavy (non-hydrogen) atoms. The van der Waals surface area contributed by atoms with Gasteiger partial charge in [0.25, 0.3) is 0 Å². The third kappa shape index (κ3) is 3.70. The van der Waals surface area contributed by atoms with Crippen molar-refractivity contribution in [1.29, 1.82) is 0 Å². The molecule has 0 aliphatic rings. The van der Waals surface area contributed by atoms with Gasteiger partial charge in [-0.05, 0) is 6.92 Å². The molecule has 0 aromatic heterocycles. The molecule has 0 radical (unpaired) electrons. The smallest absolute Gasteiger partial charge is 0.130 e. The van der Waals surface area contributed by atoms with Crippen molar-refractivity contribution < 1.29 is 14.7 Å². The molecule has 0 aliphatic carbocycles. The molecule has 0 fully saturated rings. The minimum absolute atomic E-state index is 0.0718. The van der Waals surface area contributed by atoms with Crippen LogP contribution in [-0.4, -0.2) is 11.8 Å². The van der Waals surface area contributed by atoms with Crippen LogP contribution < -0.4 is 5.11 Å². The summed E-state index contributed by atoms with van der Waals surface area (Å²) < 4.78 is 0. The fourth-order valence-corrected chi connectivity index (χ4v) is 0.515. The lowest BCUT2D eigenvalue weighted by molar-refractivity contribution is -0.310. The molecule has 0 aromatic carbocycles. The molecular formula is C6H9O3-. The molecule has 0 heterocycles. The lowest BCUT2D eigenvalue weighted by Crippen LogP contribution is -2.30. The molecule has 0 amide bonds. The van der Waals surface area contributed by atoms with Gasteiger partial charge in [-0.2, -0.15) is 0 Å². The zero-order valence-corrected chi connectivity index (χ0v) is 5.51. The van der Waals surface area contributed by atoms with Crippen LogP contribution in [0, 0.1) is 5.92 Å². The molecule has 0 N–H and O–H groups in total. The van der Waals surface area contributed by atoms with Gasteiger partial charge in [-0.1, -0.05) is 6.92 Å². The number of rotatable bonds is 3. The highest BCUT2D eigenvalue weighted by Gasteiger charge is 2.04. The summed E-state index contributed by atoms with van der Waals surface area (Å²) in [4.78, 5) is 20.2. The van der Waals surface area contributed by atoms with Crippen molar-refractivity contribution in [3.8, 4) is 0 Å². The highest BCUT2D eigenvalue weighted by molar-refractivity contribution is 5.80. The van der Waals surface area contributed by atoms with Crippen molar-refractivity contribution >= 4 is 11.8 Å². The summed E-state index contributed by atoms with van der Waals surface area (Å²) in [5.41, 5.74) is 0. The number of carbonyl (C=O) groups excluding carboxylic acids is 2. The maximum absolute atomic E-state index is 10.3. The van der Waals surface area contributed by atoms with Crippen LogP contribution in [0.1, 0.15) is 20.3 Å². The second kappa shape index (κ2) is 3.22. The van der Waals surface area contributed by atoms with E-state index in [1.165, 1.54) is 13.8 Å². The highest BCUT2D eigenvalue weighted by Crippen LogP contribution is 1.99. The molecule has 3 nitrogen and oxygen atoms in total. The summed E-state index contributed by atoms with van der Waals surface area (Å²) in [6.07, 6.45) is 0.0718. The van der Waals surface area contributed by atoms with E-state index in [-0.39, 0.29) is 12.2 Å². The fourth-order valence-electron chi connectivity index (χ4n) is 0.515. The van der Waals surface area contributed by atoms with E-state index in [0.717, 1.165) is 0 Å². The predicted octanol–water partition coefficient (Wildman–Crippen LogP) is -0.649. The zero-order chi connectivity index (χ0) is 7.44. The Kier molecular flexibility index (Phi) is 2.91. The van der Waals surface area contributed by atoms with E-state index >= 15 is 0 Å². The van der Waals surface area contributed by atoms with Crippen LogP contribution in [0.3, 0.4) is 0 Å². The minimum atomic E-state index is -1.16. The van der Waals surface area contributed by atoms with Crippen LogP contribution in [0.25, 0.3) is 0 Å². The second-order valence-electron chi connectivity index (χ2n) is 2.13. The minimum Gasteiger partial charge on any atom is -0.550 e. The predicted molar refractivity (Wildman–Crippen MR) is 29.5 cm³/mol. The number of ketones is 1. The van der Waals surface area contributed by atoms with Gasteiger partial charge in [0.1, 0.15) is 5.78 Å². The van der Waals surface area contributed by atoms with E-state index in [9.17, 15) is 14.7 Å². The standard InChI is InChI=1S/C6H10O3/c1-4(6(8)9)3-5(2)7/h4H,3H2,1-2H3,(H,8,9)/p-1. The Balaban J connectivity index is 3.63. The van der Waals surface area contributed by atoms with Crippen molar-refractivity contribution in [2.24, 2.45) is 5.92 Å². The molecule has 0 aromatic rings. The Morgan fingerprint density at radius 1 is 1.56 bits per heavy atom. The van der Waals surface area contributed by atoms with E-state index in [2.05, 4.69) is 0 Å². The summed E-state index contributed by atoms with van der Waals surface area (Å²) in [6, 6.07) is 0. The van der Waals surface area contributed by atoms with Crippen molar-refractivity contribution in [1.82, 2.24) is 0 Å². The van der Waals surface area contributed by atoms with E-state index in [0.29, 0.717) is 0 Å². The number of Topliss-reactive ketones (excluding diaryl/α,β-unsaturated/α-hetero) is 1. The first kappa shape index (κ1) is 8.14. The van der Waals surface area contributed by atoms with Crippen molar-refractivity contribution in [2.75, 3.05) is 0 Å². The molecule has 1 unspecified atom stereocenters. The van der Waals surface area contributed by atoms with Gasteiger partial charge in [0, 0.05) is 18.3 Å². The van der Waals surface area contributed by atoms with Crippen LogP contribution in [0.15, 0.2) is 0 Å². The summed E-state index contributed by atoms with van der Waals surface area (Å²) in [7, 11) is 0. The maximum Gasteiger partial charge on any atom is 0.130 e. The zero-order valence-electron chi connectivity index (χ0n) is 5.51. The molecule has 0 bridgehead atoms. The average molecular weight is 129 g/mol. The van der Waals surface area contributed by atoms with Crippen LogP contribution >= 0.6 is 0 Å². The first-order chi connectivity index (χ1) is 4.04. The maximum atomic E-state index is 10.3. The fraction of sp³-hybridized carbons (Fsp3) is 0.667. The number of hydrogen-bond acceptors (Lipinski definition) is 3. The molecule has 0 spiro atoms. The van der Waals surface area contributed by atoms with Gasteiger partial charge in [-0.25, -0.2) is 0 Å². The van der Waals surface area contributed by atoms with Crippen molar-refractivity contribution in [3.05, 3.63) is 0 Å². The van der Waals surface area contributed by atoms with Crippen molar-refractivity contribution in [2.45, 2.75) is 20.3 Å².